The van der Waals surface area contributed by atoms with Gasteiger partial charge in [-0.2, -0.15) is 0 Å². The van der Waals surface area contributed by atoms with Gasteiger partial charge >= 0.3 is 0 Å². The van der Waals surface area contributed by atoms with Crippen LogP contribution in [-0.2, 0) is 9.59 Å². The van der Waals surface area contributed by atoms with Crippen molar-refractivity contribution in [2.45, 2.75) is 45.6 Å². The number of rotatable bonds is 5. The molecule has 1 aliphatic rings. The van der Waals surface area contributed by atoms with Crippen molar-refractivity contribution in [1.82, 2.24) is 10.2 Å². The molecule has 0 bridgehead atoms. The van der Waals surface area contributed by atoms with E-state index in [4.69, 9.17) is 5.73 Å². The van der Waals surface area contributed by atoms with Gasteiger partial charge in [-0.1, -0.05) is 20.3 Å². The molecule has 1 saturated heterocycles. The molecule has 18 heavy (non-hydrogen) atoms. The van der Waals surface area contributed by atoms with Crippen LogP contribution in [0.1, 0.15) is 39.5 Å². The van der Waals surface area contributed by atoms with Crippen molar-refractivity contribution in [3.05, 3.63) is 0 Å². The Morgan fingerprint density at radius 2 is 2.17 bits per heavy atom. The first-order valence-electron chi connectivity index (χ1n) is 6.86. The van der Waals surface area contributed by atoms with E-state index in [1.54, 1.807) is 0 Å². The van der Waals surface area contributed by atoms with E-state index in [-0.39, 0.29) is 24.9 Å². The highest BCUT2D eigenvalue weighted by Crippen LogP contribution is 2.26. The van der Waals surface area contributed by atoms with Crippen molar-refractivity contribution < 1.29 is 9.59 Å². The number of piperidine rings is 1. The predicted molar refractivity (Wildman–Crippen MR) is 70.9 cm³/mol. The first kappa shape index (κ1) is 15.0. The molecule has 2 unspecified atom stereocenters. The molecule has 1 rings (SSSR count). The molecule has 5 nitrogen and oxygen atoms in total. The molecule has 1 heterocycles. The summed E-state index contributed by atoms with van der Waals surface area (Å²) in [6.45, 7) is 5.16. The zero-order valence-corrected chi connectivity index (χ0v) is 11.4. The van der Waals surface area contributed by atoms with E-state index in [1.165, 1.54) is 6.42 Å². The normalized spacial score (nSPS) is 23.8. The average molecular weight is 255 g/mol. The Morgan fingerprint density at radius 3 is 2.78 bits per heavy atom. The monoisotopic (exact) mass is 255 g/mol. The van der Waals surface area contributed by atoms with E-state index < -0.39 is 0 Å². The van der Waals surface area contributed by atoms with Crippen LogP contribution >= 0.6 is 0 Å². The van der Waals surface area contributed by atoms with Gasteiger partial charge in [0.2, 0.25) is 11.8 Å². The molecule has 0 radical (unpaired) electrons. The maximum atomic E-state index is 12.1. The molecule has 2 amide bonds. The van der Waals surface area contributed by atoms with Crippen molar-refractivity contribution in [3.63, 3.8) is 0 Å². The molecule has 3 N–H and O–H groups in total. The van der Waals surface area contributed by atoms with E-state index in [0.717, 1.165) is 25.8 Å². The molecule has 1 aliphatic heterocycles. The Kier molecular flexibility index (Phi) is 6.12. The van der Waals surface area contributed by atoms with Gasteiger partial charge in [-0.25, -0.2) is 0 Å². The lowest BCUT2D eigenvalue weighted by atomic mass is 9.88. The highest BCUT2D eigenvalue weighted by Gasteiger charge is 2.30. The first-order chi connectivity index (χ1) is 8.60. The number of nitrogens with zero attached hydrogens (tertiary/aromatic N) is 1. The molecule has 0 aliphatic carbocycles. The highest BCUT2D eigenvalue weighted by molar-refractivity contribution is 5.85. The minimum Gasteiger partial charge on any atom is -0.346 e. The van der Waals surface area contributed by atoms with Crippen molar-refractivity contribution in [1.29, 1.82) is 0 Å². The third-order valence-electron chi connectivity index (χ3n) is 3.64. The minimum atomic E-state index is -0.277. The minimum absolute atomic E-state index is 0.0156. The van der Waals surface area contributed by atoms with Gasteiger partial charge in [0, 0.05) is 12.6 Å². The number of carbonyl (C=O) groups is 2. The van der Waals surface area contributed by atoms with Crippen molar-refractivity contribution in [3.8, 4) is 0 Å². The largest absolute Gasteiger partial charge is 0.346 e. The van der Waals surface area contributed by atoms with Crippen LogP contribution in [0, 0.1) is 5.92 Å². The molecule has 2 atom stereocenters. The molecule has 0 aromatic rings. The van der Waals surface area contributed by atoms with Crippen LogP contribution in [0.15, 0.2) is 0 Å². The Balaban J connectivity index is 2.54. The Morgan fingerprint density at radius 1 is 1.44 bits per heavy atom. The number of hydrogen-bond donors (Lipinski definition) is 2. The van der Waals surface area contributed by atoms with Crippen LogP contribution in [0.5, 0.6) is 0 Å². The quantitative estimate of drug-likeness (QED) is 0.750. The van der Waals surface area contributed by atoms with Crippen LogP contribution in [-0.4, -0.2) is 42.4 Å². The molecule has 0 aromatic carbocycles. The number of carbonyl (C=O) groups excluding carboxylic acids is 2. The molecule has 104 valence electrons. The molecule has 0 saturated carbocycles. The third-order valence-corrected chi connectivity index (χ3v) is 3.64. The van der Waals surface area contributed by atoms with Crippen LogP contribution in [0.4, 0.5) is 0 Å². The summed E-state index contributed by atoms with van der Waals surface area (Å²) >= 11 is 0. The van der Waals surface area contributed by atoms with Gasteiger partial charge in [-0.15, -0.1) is 0 Å². The summed E-state index contributed by atoms with van der Waals surface area (Å²) in [5.41, 5.74) is 5.20. The van der Waals surface area contributed by atoms with Crippen LogP contribution < -0.4 is 11.1 Å². The van der Waals surface area contributed by atoms with Gasteiger partial charge in [0.1, 0.15) is 0 Å². The number of amides is 2. The predicted octanol–water partition coefficient (Wildman–Crippen LogP) is 0.489. The zero-order chi connectivity index (χ0) is 13.5. The van der Waals surface area contributed by atoms with Crippen molar-refractivity contribution in [2.75, 3.05) is 19.6 Å². The van der Waals surface area contributed by atoms with Gasteiger partial charge in [0.25, 0.3) is 0 Å². The number of hydrogen-bond acceptors (Lipinski definition) is 3. The topological polar surface area (TPSA) is 75.4 Å². The molecule has 0 spiro atoms. The van der Waals surface area contributed by atoms with Gasteiger partial charge < -0.3 is 16.0 Å². The second kappa shape index (κ2) is 7.36. The number of likely N-dealkylation sites (tertiary alicyclic amines) is 1. The highest BCUT2D eigenvalue weighted by atomic mass is 16.2. The second-order valence-electron chi connectivity index (χ2n) is 5.04. The van der Waals surface area contributed by atoms with E-state index in [9.17, 15) is 9.59 Å². The zero-order valence-electron chi connectivity index (χ0n) is 11.4. The Labute approximate surface area is 109 Å². The molecular formula is C13H25N3O2. The standard InChI is InChI=1S/C13H25N3O2/c1-3-5-11-10(2)6-4-7-16(11)13(18)9-15-12(17)8-14/h10-11H,3-9,14H2,1-2H3,(H,15,17). The van der Waals surface area contributed by atoms with Gasteiger partial charge in [0.05, 0.1) is 13.1 Å². The summed E-state index contributed by atoms with van der Waals surface area (Å²) in [5, 5.41) is 2.55. The van der Waals surface area contributed by atoms with E-state index in [0.29, 0.717) is 12.0 Å². The average Bonchev–Trinajstić information content (AvgIpc) is 2.38. The lowest BCUT2D eigenvalue weighted by Crippen LogP contribution is -2.51. The second-order valence-corrected chi connectivity index (χ2v) is 5.04. The smallest absolute Gasteiger partial charge is 0.242 e. The molecular weight excluding hydrogens is 230 g/mol. The Hall–Kier alpha value is -1.10. The summed E-state index contributed by atoms with van der Waals surface area (Å²) in [5.74, 6) is 0.287. The van der Waals surface area contributed by atoms with Crippen LogP contribution in [0.2, 0.25) is 0 Å². The molecule has 5 heteroatoms. The third kappa shape index (κ3) is 3.98. The summed E-state index contributed by atoms with van der Waals surface area (Å²) in [7, 11) is 0. The SMILES string of the molecule is CCCC1C(C)CCCN1C(=O)CNC(=O)CN. The maximum Gasteiger partial charge on any atom is 0.242 e. The number of nitrogens with one attached hydrogen (secondary N) is 1. The van der Waals surface area contributed by atoms with Crippen LogP contribution in [0.3, 0.4) is 0 Å². The van der Waals surface area contributed by atoms with Gasteiger partial charge in [-0.05, 0) is 25.2 Å². The first-order valence-corrected chi connectivity index (χ1v) is 6.86. The Bertz CT molecular complexity index is 294. The summed E-state index contributed by atoms with van der Waals surface area (Å²) in [6, 6.07) is 0.325. The van der Waals surface area contributed by atoms with E-state index in [2.05, 4.69) is 19.2 Å². The fraction of sp³-hybridized carbons (Fsp3) is 0.846. The van der Waals surface area contributed by atoms with Crippen molar-refractivity contribution >= 4 is 11.8 Å². The summed E-state index contributed by atoms with van der Waals surface area (Å²) in [6.07, 6.45) is 4.35. The van der Waals surface area contributed by atoms with E-state index >= 15 is 0 Å². The maximum absolute atomic E-state index is 12.1. The fourth-order valence-electron chi connectivity index (χ4n) is 2.64. The van der Waals surface area contributed by atoms with E-state index in [1.807, 2.05) is 4.90 Å². The lowest BCUT2D eigenvalue weighted by molar-refractivity contribution is -0.137. The fourth-order valence-corrected chi connectivity index (χ4v) is 2.64. The summed E-state index contributed by atoms with van der Waals surface area (Å²) in [4.78, 5) is 25.1. The van der Waals surface area contributed by atoms with Crippen molar-refractivity contribution in [2.24, 2.45) is 11.7 Å². The van der Waals surface area contributed by atoms with Gasteiger partial charge in [0.15, 0.2) is 0 Å². The molecule has 1 fully saturated rings. The summed E-state index contributed by atoms with van der Waals surface area (Å²) < 4.78 is 0. The van der Waals surface area contributed by atoms with Gasteiger partial charge in [-0.3, -0.25) is 9.59 Å². The van der Waals surface area contributed by atoms with Crippen LogP contribution in [0.25, 0.3) is 0 Å². The molecule has 0 aromatic heterocycles. The lowest BCUT2D eigenvalue weighted by Gasteiger charge is -2.40. The number of nitrogens with two attached hydrogens (primary N) is 1.